The Morgan fingerprint density at radius 1 is 1.22 bits per heavy atom. The third-order valence-electron chi connectivity index (χ3n) is 3.89. The van der Waals surface area contributed by atoms with Gasteiger partial charge in [-0.15, -0.1) is 11.8 Å². The van der Waals surface area contributed by atoms with Crippen molar-refractivity contribution in [2.45, 2.75) is 50.5 Å². The van der Waals surface area contributed by atoms with Crippen molar-refractivity contribution in [2.24, 2.45) is 5.92 Å². The van der Waals surface area contributed by atoms with E-state index in [1.807, 2.05) is 11.8 Å². The maximum absolute atomic E-state index is 3.69. The molecule has 1 atom stereocenters. The minimum absolute atomic E-state index is 0.698. The molecule has 1 N–H and O–H groups in total. The van der Waals surface area contributed by atoms with Crippen molar-refractivity contribution in [3.05, 3.63) is 29.8 Å². The monoisotopic (exact) mass is 263 g/mol. The van der Waals surface area contributed by atoms with Gasteiger partial charge in [-0.3, -0.25) is 0 Å². The average Bonchev–Trinajstić information content (AvgIpc) is 2.90. The van der Waals surface area contributed by atoms with Gasteiger partial charge in [0.1, 0.15) is 0 Å². The molecule has 1 nitrogen and oxygen atoms in total. The largest absolute Gasteiger partial charge is 0.313 e. The van der Waals surface area contributed by atoms with Gasteiger partial charge in [-0.2, -0.15) is 0 Å². The summed E-state index contributed by atoms with van der Waals surface area (Å²) in [5.74, 6) is 2.12. The van der Waals surface area contributed by atoms with Crippen LogP contribution in [0.1, 0.15) is 38.2 Å². The highest BCUT2D eigenvalue weighted by Crippen LogP contribution is 2.30. The SMILES string of the molecule is CCNC(CSc1ccc(C)cc1)C1CCCC1. The Kier molecular flexibility index (Phi) is 5.58. The van der Waals surface area contributed by atoms with E-state index in [1.165, 1.54) is 41.9 Å². The number of hydrogen-bond acceptors (Lipinski definition) is 2. The molecule has 0 heterocycles. The maximum Gasteiger partial charge on any atom is 0.0189 e. The third-order valence-corrected chi connectivity index (χ3v) is 5.02. The second-order valence-electron chi connectivity index (χ2n) is 5.33. The molecule has 0 spiro atoms. The first-order valence-electron chi connectivity index (χ1n) is 7.22. The standard InChI is InChI=1S/C16H25NS/c1-3-17-16(14-6-4-5-7-14)12-18-15-10-8-13(2)9-11-15/h8-11,14,16-17H,3-7,12H2,1-2H3. The van der Waals surface area contributed by atoms with Crippen LogP contribution >= 0.6 is 11.8 Å². The van der Waals surface area contributed by atoms with E-state index in [2.05, 4.69) is 43.4 Å². The van der Waals surface area contributed by atoms with Crippen LogP contribution in [0.4, 0.5) is 0 Å². The van der Waals surface area contributed by atoms with Crippen LogP contribution in [0.25, 0.3) is 0 Å². The summed E-state index contributed by atoms with van der Waals surface area (Å²) in [7, 11) is 0. The van der Waals surface area contributed by atoms with Gasteiger partial charge in [0.2, 0.25) is 0 Å². The molecule has 0 aliphatic heterocycles. The molecule has 0 bridgehead atoms. The topological polar surface area (TPSA) is 12.0 Å². The predicted molar refractivity (Wildman–Crippen MR) is 81.3 cm³/mol. The van der Waals surface area contributed by atoms with E-state index in [9.17, 15) is 0 Å². The Labute approximate surface area is 116 Å². The molecule has 1 fully saturated rings. The third kappa shape index (κ3) is 4.03. The van der Waals surface area contributed by atoms with E-state index in [0.717, 1.165) is 12.5 Å². The Morgan fingerprint density at radius 3 is 2.50 bits per heavy atom. The number of rotatable bonds is 6. The van der Waals surface area contributed by atoms with E-state index in [1.54, 1.807) is 0 Å². The van der Waals surface area contributed by atoms with Crippen LogP contribution in [-0.2, 0) is 0 Å². The minimum Gasteiger partial charge on any atom is -0.313 e. The summed E-state index contributed by atoms with van der Waals surface area (Å²) in [6, 6.07) is 9.61. The normalized spacial score (nSPS) is 18.1. The van der Waals surface area contributed by atoms with E-state index in [-0.39, 0.29) is 0 Å². The zero-order valence-corrected chi connectivity index (χ0v) is 12.4. The van der Waals surface area contributed by atoms with Gasteiger partial charge in [0, 0.05) is 16.7 Å². The number of aryl methyl sites for hydroxylation is 1. The van der Waals surface area contributed by atoms with Crippen molar-refractivity contribution in [1.82, 2.24) is 5.32 Å². The Morgan fingerprint density at radius 2 is 1.89 bits per heavy atom. The first kappa shape index (κ1) is 14.0. The van der Waals surface area contributed by atoms with Crippen LogP contribution in [-0.4, -0.2) is 18.3 Å². The fraction of sp³-hybridized carbons (Fsp3) is 0.625. The van der Waals surface area contributed by atoms with E-state index in [0.29, 0.717) is 6.04 Å². The van der Waals surface area contributed by atoms with Crippen molar-refractivity contribution in [2.75, 3.05) is 12.3 Å². The first-order chi connectivity index (χ1) is 8.79. The summed E-state index contributed by atoms with van der Waals surface area (Å²) in [4.78, 5) is 1.40. The van der Waals surface area contributed by atoms with Gasteiger partial charge >= 0.3 is 0 Å². The molecule has 0 radical (unpaired) electrons. The van der Waals surface area contributed by atoms with Crippen LogP contribution in [0.3, 0.4) is 0 Å². The summed E-state index contributed by atoms with van der Waals surface area (Å²) in [6.45, 7) is 5.46. The van der Waals surface area contributed by atoms with E-state index in [4.69, 9.17) is 0 Å². The molecular formula is C16H25NS. The van der Waals surface area contributed by atoms with Gasteiger partial charge in [0.25, 0.3) is 0 Å². The average molecular weight is 263 g/mol. The molecule has 1 unspecified atom stereocenters. The predicted octanol–water partition coefficient (Wildman–Crippen LogP) is 4.26. The van der Waals surface area contributed by atoms with Crippen LogP contribution in [0.5, 0.6) is 0 Å². The van der Waals surface area contributed by atoms with E-state index >= 15 is 0 Å². The van der Waals surface area contributed by atoms with Gasteiger partial charge < -0.3 is 5.32 Å². The quantitative estimate of drug-likeness (QED) is 0.770. The molecule has 0 saturated heterocycles. The van der Waals surface area contributed by atoms with Crippen molar-refractivity contribution < 1.29 is 0 Å². The maximum atomic E-state index is 3.69. The Balaban J connectivity index is 1.86. The summed E-state index contributed by atoms with van der Waals surface area (Å²) in [6.07, 6.45) is 5.71. The molecule has 0 aromatic heterocycles. The summed E-state index contributed by atoms with van der Waals surface area (Å²) >= 11 is 2.00. The highest BCUT2D eigenvalue weighted by molar-refractivity contribution is 7.99. The number of thioether (sulfide) groups is 1. The second kappa shape index (κ2) is 7.20. The zero-order valence-electron chi connectivity index (χ0n) is 11.6. The molecule has 2 rings (SSSR count). The molecule has 1 aromatic rings. The lowest BCUT2D eigenvalue weighted by molar-refractivity contribution is 0.394. The van der Waals surface area contributed by atoms with Gasteiger partial charge in [0.15, 0.2) is 0 Å². The molecule has 18 heavy (non-hydrogen) atoms. The van der Waals surface area contributed by atoms with Crippen molar-refractivity contribution in [3.8, 4) is 0 Å². The Hall–Kier alpha value is -0.470. The van der Waals surface area contributed by atoms with E-state index < -0.39 is 0 Å². The number of benzene rings is 1. The lowest BCUT2D eigenvalue weighted by Gasteiger charge is -2.24. The van der Waals surface area contributed by atoms with Crippen LogP contribution < -0.4 is 5.32 Å². The fourth-order valence-electron chi connectivity index (χ4n) is 2.80. The Bertz CT molecular complexity index is 341. The zero-order chi connectivity index (χ0) is 12.8. The molecule has 100 valence electrons. The highest BCUT2D eigenvalue weighted by atomic mass is 32.2. The molecule has 1 aromatic carbocycles. The molecule has 1 aliphatic rings. The van der Waals surface area contributed by atoms with Crippen molar-refractivity contribution >= 4 is 11.8 Å². The van der Waals surface area contributed by atoms with Crippen LogP contribution in [0.2, 0.25) is 0 Å². The molecule has 1 aliphatic carbocycles. The molecule has 0 amide bonds. The van der Waals surface area contributed by atoms with Gasteiger partial charge in [-0.1, -0.05) is 37.5 Å². The minimum atomic E-state index is 0.698. The van der Waals surface area contributed by atoms with Crippen molar-refractivity contribution in [1.29, 1.82) is 0 Å². The van der Waals surface area contributed by atoms with Crippen LogP contribution in [0.15, 0.2) is 29.2 Å². The summed E-state index contributed by atoms with van der Waals surface area (Å²) in [5.41, 5.74) is 1.35. The lowest BCUT2D eigenvalue weighted by Crippen LogP contribution is -2.37. The lowest BCUT2D eigenvalue weighted by atomic mass is 10.00. The number of hydrogen-bond donors (Lipinski definition) is 1. The first-order valence-corrected chi connectivity index (χ1v) is 8.21. The number of nitrogens with one attached hydrogen (secondary N) is 1. The molecular weight excluding hydrogens is 238 g/mol. The fourth-order valence-corrected chi connectivity index (χ4v) is 3.89. The van der Waals surface area contributed by atoms with Gasteiger partial charge in [0.05, 0.1) is 0 Å². The van der Waals surface area contributed by atoms with Crippen molar-refractivity contribution in [3.63, 3.8) is 0 Å². The van der Waals surface area contributed by atoms with Gasteiger partial charge in [-0.05, 0) is 44.4 Å². The summed E-state index contributed by atoms with van der Waals surface area (Å²) < 4.78 is 0. The molecule has 2 heteroatoms. The molecule has 1 saturated carbocycles. The highest BCUT2D eigenvalue weighted by Gasteiger charge is 2.24. The van der Waals surface area contributed by atoms with Gasteiger partial charge in [-0.25, -0.2) is 0 Å². The second-order valence-corrected chi connectivity index (χ2v) is 6.43. The smallest absolute Gasteiger partial charge is 0.0189 e. The summed E-state index contributed by atoms with van der Waals surface area (Å²) in [5, 5.41) is 3.69. The van der Waals surface area contributed by atoms with Crippen LogP contribution in [0, 0.1) is 12.8 Å².